The summed E-state index contributed by atoms with van der Waals surface area (Å²) in [5, 5.41) is -0.242. The van der Waals surface area contributed by atoms with Gasteiger partial charge in [0.1, 0.15) is 6.54 Å². The van der Waals surface area contributed by atoms with Gasteiger partial charge in [-0.25, -0.2) is 4.98 Å². The smallest absolute Gasteiger partial charge is 0.289 e. The largest absolute Gasteiger partial charge is 0.339 e. The lowest BCUT2D eigenvalue weighted by Gasteiger charge is -2.22. The second kappa shape index (κ2) is 6.39. The lowest BCUT2D eigenvalue weighted by Crippen LogP contribution is -2.42. The molecule has 3 amide bonds. The minimum Gasteiger partial charge on any atom is -0.339 e. The summed E-state index contributed by atoms with van der Waals surface area (Å²) in [6, 6.07) is -0.265. The molecule has 1 aromatic heterocycles. The van der Waals surface area contributed by atoms with Gasteiger partial charge in [0.2, 0.25) is 11.8 Å². The summed E-state index contributed by atoms with van der Waals surface area (Å²) in [4.78, 5) is 55.1. The van der Waals surface area contributed by atoms with Crippen LogP contribution in [0.15, 0.2) is 11.1 Å². The number of amides is 3. The van der Waals surface area contributed by atoms with Crippen molar-refractivity contribution in [2.24, 2.45) is 0 Å². The van der Waals surface area contributed by atoms with E-state index >= 15 is 0 Å². The molecule has 8 nitrogen and oxygen atoms in total. The third kappa shape index (κ3) is 2.95. The maximum atomic E-state index is 12.4. The molecule has 0 aromatic carbocycles. The van der Waals surface area contributed by atoms with Crippen LogP contribution in [-0.4, -0.2) is 61.3 Å². The van der Waals surface area contributed by atoms with Gasteiger partial charge in [0, 0.05) is 24.3 Å². The number of carbonyl (C=O) groups excluding carboxylic acids is 3. The third-order valence-corrected chi connectivity index (χ3v) is 5.32. The van der Waals surface area contributed by atoms with E-state index in [1.807, 2.05) is 0 Å². The molecule has 2 saturated heterocycles. The van der Waals surface area contributed by atoms with Crippen molar-refractivity contribution in [1.82, 2.24) is 19.4 Å². The van der Waals surface area contributed by atoms with Gasteiger partial charge >= 0.3 is 0 Å². The molecule has 9 heteroatoms. The summed E-state index contributed by atoms with van der Waals surface area (Å²) in [7, 11) is 0. The number of thioether (sulfide) groups is 1. The van der Waals surface area contributed by atoms with Crippen molar-refractivity contribution in [2.45, 2.75) is 32.9 Å². The normalized spacial score (nSPS) is 21.0. The summed E-state index contributed by atoms with van der Waals surface area (Å²) in [6.07, 6.45) is 1.95. The molecule has 2 aliphatic rings. The predicted octanol–water partition coefficient (Wildman–Crippen LogP) is 0.156. The van der Waals surface area contributed by atoms with E-state index in [2.05, 4.69) is 4.98 Å². The summed E-state index contributed by atoms with van der Waals surface area (Å²) >= 11 is 0.998. The van der Waals surface area contributed by atoms with Crippen LogP contribution in [0.5, 0.6) is 0 Å². The second-order valence-corrected chi connectivity index (χ2v) is 6.92. The zero-order valence-electron chi connectivity index (χ0n) is 13.5. The van der Waals surface area contributed by atoms with Gasteiger partial charge in [-0.05, 0) is 20.3 Å². The van der Waals surface area contributed by atoms with Gasteiger partial charge in [-0.15, -0.1) is 0 Å². The molecule has 0 spiro atoms. The first-order valence-electron chi connectivity index (χ1n) is 7.67. The topological polar surface area (TPSA) is 92.6 Å². The fourth-order valence-electron chi connectivity index (χ4n) is 2.93. The minimum atomic E-state index is -0.265. The number of aryl methyl sites for hydroxylation is 1. The molecule has 0 aliphatic carbocycles. The molecule has 0 radical (unpaired) electrons. The number of nitrogens with zero attached hydrogens (tertiary/aromatic N) is 4. The maximum absolute atomic E-state index is 12.4. The Balaban J connectivity index is 1.67. The highest BCUT2D eigenvalue weighted by atomic mass is 32.2. The lowest BCUT2D eigenvalue weighted by atomic mass is 10.2. The second-order valence-electron chi connectivity index (χ2n) is 5.99. The van der Waals surface area contributed by atoms with Crippen molar-refractivity contribution in [3.8, 4) is 0 Å². The SMILES string of the molecule is Cc1ncn(CC(=O)N2CCC(N3C(=O)CSC3=O)C2)c(=O)c1C. The quantitative estimate of drug-likeness (QED) is 0.771. The number of imide groups is 1. The van der Waals surface area contributed by atoms with Crippen LogP contribution in [0.2, 0.25) is 0 Å². The lowest BCUT2D eigenvalue weighted by molar-refractivity contribution is -0.132. The Morgan fingerprint density at radius 2 is 2.08 bits per heavy atom. The van der Waals surface area contributed by atoms with E-state index in [0.717, 1.165) is 11.8 Å². The number of carbonyl (C=O) groups is 3. The zero-order chi connectivity index (χ0) is 17.4. The zero-order valence-corrected chi connectivity index (χ0v) is 14.3. The van der Waals surface area contributed by atoms with E-state index in [4.69, 9.17) is 0 Å². The van der Waals surface area contributed by atoms with Crippen molar-refractivity contribution >= 4 is 28.8 Å². The van der Waals surface area contributed by atoms with E-state index in [-0.39, 0.29) is 41.0 Å². The van der Waals surface area contributed by atoms with E-state index in [9.17, 15) is 19.2 Å². The molecule has 3 heterocycles. The van der Waals surface area contributed by atoms with Crippen molar-refractivity contribution in [3.05, 3.63) is 27.9 Å². The van der Waals surface area contributed by atoms with Crippen molar-refractivity contribution in [1.29, 1.82) is 0 Å². The average Bonchev–Trinajstić information content (AvgIpc) is 3.14. The number of rotatable bonds is 3. The molecule has 0 saturated carbocycles. The first-order chi connectivity index (χ1) is 11.4. The monoisotopic (exact) mass is 350 g/mol. The average molecular weight is 350 g/mol. The number of hydrogen-bond acceptors (Lipinski definition) is 6. The molecule has 24 heavy (non-hydrogen) atoms. The summed E-state index contributed by atoms with van der Waals surface area (Å²) in [5.41, 5.74) is 0.941. The van der Waals surface area contributed by atoms with Gasteiger partial charge in [-0.2, -0.15) is 0 Å². The van der Waals surface area contributed by atoms with Crippen LogP contribution >= 0.6 is 11.8 Å². The van der Waals surface area contributed by atoms with Crippen LogP contribution in [0.25, 0.3) is 0 Å². The number of aromatic nitrogens is 2. The fraction of sp³-hybridized carbons (Fsp3) is 0.533. The van der Waals surface area contributed by atoms with Gasteiger partial charge < -0.3 is 4.90 Å². The number of likely N-dealkylation sites (tertiary alicyclic amines) is 1. The summed E-state index contributed by atoms with van der Waals surface area (Å²) < 4.78 is 1.29. The molecule has 1 atom stereocenters. The third-order valence-electron chi connectivity index (χ3n) is 4.49. The molecule has 0 bridgehead atoms. The summed E-state index contributed by atoms with van der Waals surface area (Å²) in [6.45, 7) is 4.13. The highest BCUT2D eigenvalue weighted by Crippen LogP contribution is 2.26. The molecular weight excluding hydrogens is 332 g/mol. The molecule has 128 valence electrons. The minimum absolute atomic E-state index is 0.0870. The van der Waals surface area contributed by atoms with E-state index in [1.54, 1.807) is 18.7 Å². The van der Waals surface area contributed by atoms with Crippen LogP contribution in [0.3, 0.4) is 0 Å². The molecule has 1 unspecified atom stereocenters. The van der Waals surface area contributed by atoms with Crippen molar-refractivity contribution < 1.29 is 14.4 Å². The van der Waals surface area contributed by atoms with Gasteiger partial charge in [-0.1, -0.05) is 11.8 Å². The number of hydrogen-bond donors (Lipinski definition) is 0. The molecule has 1 aromatic rings. The molecule has 2 fully saturated rings. The first-order valence-corrected chi connectivity index (χ1v) is 8.66. The van der Waals surface area contributed by atoms with Crippen molar-refractivity contribution in [3.63, 3.8) is 0 Å². The molecular formula is C15H18N4O4S. The van der Waals surface area contributed by atoms with Crippen molar-refractivity contribution in [2.75, 3.05) is 18.8 Å². The molecule has 0 N–H and O–H groups in total. The van der Waals surface area contributed by atoms with Gasteiger partial charge in [0.15, 0.2) is 0 Å². The van der Waals surface area contributed by atoms with Gasteiger partial charge in [0.05, 0.1) is 18.1 Å². The predicted molar refractivity (Wildman–Crippen MR) is 87.7 cm³/mol. The van der Waals surface area contributed by atoms with Gasteiger partial charge in [-0.3, -0.25) is 28.6 Å². The highest BCUT2D eigenvalue weighted by molar-refractivity contribution is 8.14. The van der Waals surface area contributed by atoms with E-state index in [0.29, 0.717) is 30.8 Å². The Bertz CT molecular complexity index is 759. The van der Waals surface area contributed by atoms with E-state index < -0.39 is 0 Å². The Kier molecular flexibility index (Phi) is 4.44. The molecule has 2 aliphatic heterocycles. The maximum Gasteiger partial charge on any atom is 0.289 e. The Morgan fingerprint density at radius 3 is 2.75 bits per heavy atom. The Hall–Kier alpha value is -2.16. The van der Waals surface area contributed by atoms with Gasteiger partial charge in [0.25, 0.3) is 10.8 Å². The Morgan fingerprint density at radius 1 is 1.33 bits per heavy atom. The Labute approximate surface area is 142 Å². The molecule has 3 rings (SSSR count). The highest BCUT2D eigenvalue weighted by Gasteiger charge is 2.40. The van der Waals surface area contributed by atoms with Crippen LogP contribution < -0.4 is 5.56 Å². The fourth-order valence-corrected chi connectivity index (χ4v) is 3.71. The standard InChI is InChI=1S/C15H18N4O4S/c1-9-10(2)16-8-18(14(9)22)6-12(20)17-4-3-11(5-17)19-13(21)7-24-15(19)23/h8,11H,3-7H2,1-2H3. The van der Waals surface area contributed by atoms with Crippen LogP contribution in [0, 0.1) is 13.8 Å². The summed E-state index contributed by atoms with van der Waals surface area (Å²) in [5.74, 6) is -0.234. The first kappa shape index (κ1) is 16.7. The van der Waals surface area contributed by atoms with Crippen LogP contribution in [0.4, 0.5) is 4.79 Å². The van der Waals surface area contributed by atoms with Crippen LogP contribution in [0.1, 0.15) is 17.7 Å². The van der Waals surface area contributed by atoms with E-state index in [1.165, 1.54) is 15.8 Å². The van der Waals surface area contributed by atoms with Crippen LogP contribution in [-0.2, 0) is 16.1 Å².